The number of likely N-dealkylation sites (tertiary alicyclic amines) is 1. The van der Waals surface area contributed by atoms with Crippen LogP contribution >= 0.6 is 12.6 Å². The number of carbonyl (C=O) groups excluding carboxylic acids is 3. The average Bonchev–Trinajstić information content (AvgIpc) is 3.23. The van der Waals surface area contributed by atoms with Crippen LogP contribution in [0.2, 0.25) is 0 Å². The largest absolute Gasteiger partial charge is 0.481 e. The molecule has 1 rings (SSSR count). The number of nitrogens with zero attached hydrogens (tertiary/aromatic N) is 2. The first-order chi connectivity index (χ1) is 15.5. The number of nitrogens with two attached hydrogens (primary N) is 3. The second-order valence-electron chi connectivity index (χ2n) is 7.49. The van der Waals surface area contributed by atoms with E-state index in [4.69, 9.17) is 17.2 Å². The Labute approximate surface area is 195 Å². The predicted octanol–water partition coefficient (Wildman–Crippen LogP) is -3.18. The molecular weight excluding hydrogens is 458 g/mol. The van der Waals surface area contributed by atoms with Crippen LogP contribution in [-0.4, -0.2) is 93.7 Å². The number of aliphatic imine (C=N–C) groups is 1. The number of hydrogen-bond acceptors (Lipinski definition) is 8. The van der Waals surface area contributed by atoms with Crippen LogP contribution < -0.4 is 27.8 Å². The van der Waals surface area contributed by atoms with Crippen LogP contribution in [0.3, 0.4) is 0 Å². The Kier molecular flexibility index (Phi) is 11.4. The van der Waals surface area contributed by atoms with Crippen molar-refractivity contribution in [3.05, 3.63) is 0 Å². The van der Waals surface area contributed by atoms with Crippen molar-refractivity contribution in [3.8, 4) is 0 Å². The summed E-state index contributed by atoms with van der Waals surface area (Å²) < 4.78 is 0. The number of carbonyl (C=O) groups is 5. The van der Waals surface area contributed by atoms with Gasteiger partial charge < -0.3 is 42.9 Å². The number of carboxylic acid groups (broad SMARTS) is 2. The van der Waals surface area contributed by atoms with Gasteiger partial charge in [-0.05, 0) is 25.7 Å². The number of aliphatic carboxylic acids is 2. The molecule has 1 aliphatic heterocycles. The lowest BCUT2D eigenvalue weighted by Gasteiger charge is -2.28. The highest BCUT2D eigenvalue weighted by atomic mass is 32.1. The van der Waals surface area contributed by atoms with Gasteiger partial charge in [-0.1, -0.05) is 0 Å². The van der Waals surface area contributed by atoms with Gasteiger partial charge in [-0.2, -0.15) is 12.6 Å². The van der Waals surface area contributed by atoms with E-state index in [0.29, 0.717) is 6.42 Å². The molecule has 0 spiro atoms. The van der Waals surface area contributed by atoms with Crippen LogP contribution in [0.1, 0.15) is 32.1 Å². The molecule has 0 bridgehead atoms. The molecular formula is C18H31N7O7S. The van der Waals surface area contributed by atoms with Crippen LogP contribution in [0.5, 0.6) is 0 Å². The van der Waals surface area contributed by atoms with Crippen molar-refractivity contribution in [1.82, 2.24) is 15.5 Å². The molecule has 33 heavy (non-hydrogen) atoms. The molecule has 4 unspecified atom stereocenters. The zero-order chi connectivity index (χ0) is 25.1. The van der Waals surface area contributed by atoms with Crippen LogP contribution in [-0.2, 0) is 24.0 Å². The fraction of sp³-hybridized carbons (Fsp3) is 0.667. The number of thiol groups is 1. The van der Waals surface area contributed by atoms with Crippen molar-refractivity contribution in [2.24, 2.45) is 22.2 Å². The van der Waals surface area contributed by atoms with Crippen molar-refractivity contribution >= 4 is 48.2 Å². The van der Waals surface area contributed by atoms with Gasteiger partial charge in [-0.25, -0.2) is 4.79 Å². The number of hydrogen-bond donors (Lipinski definition) is 8. The van der Waals surface area contributed by atoms with Gasteiger partial charge >= 0.3 is 11.9 Å². The SMILES string of the molecule is NC(N)=NCCCC(NC(=O)C(N)CS)C(=O)NC(CC(=O)O)C(=O)N1CCCC1C(=O)O. The van der Waals surface area contributed by atoms with Gasteiger partial charge in [-0.3, -0.25) is 24.2 Å². The highest BCUT2D eigenvalue weighted by Gasteiger charge is 2.39. The van der Waals surface area contributed by atoms with Crippen LogP contribution in [0.15, 0.2) is 4.99 Å². The Bertz CT molecular complexity index is 775. The second-order valence-corrected chi connectivity index (χ2v) is 7.85. The minimum Gasteiger partial charge on any atom is -0.481 e. The molecule has 10 N–H and O–H groups in total. The molecule has 4 atom stereocenters. The molecule has 1 saturated heterocycles. The summed E-state index contributed by atoms with van der Waals surface area (Å²) in [7, 11) is 0. The van der Waals surface area contributed by atoms with Gasteiger partial charge in [0, 0.05) is 18.8 Å². The third-order valence-corrected chi connectivity index (χ3v) is 5.32. The summed E-state index contributed by atoms with van der Waals surface area (Å²) in [5.41, 5.74) is 16.2. The first kappa shape index (κ1) is 28.0. The molecule has 0 aromatic heterocycles. The molecule has 0 aromatic rings. The molecule has 0 radical (unpaired) electrons. The van der Waals surface area contributed by atoms with Crippen LogP contribution in [0.4, 0.5) is 0 Å². The van der Waals surface area contributed by atoms with E-state index < -0.39 is 60.2 Å². The van der Waals surface area contributed by atoms with Crippen molar-refractivity contribution in [3.63, 3.8) is 0 Å². The van der Waals surface area contributed by atoms with E-state index in [1.54, 1.807) is 0 Å². The second kappa shape index (κ2) is 13.5. The monoisotopic (exact) mass is 489 g/mol. The zero-order valence-electron chi connectivity index (χ0n) is 18.0. The standard InChI is InChI=1S/C18H31N7O7S/c19-9(8-33)14(28)23-10(3-1-5-22-18(20)21)15(29)24-11(7-13(26)27)16(30)25-6-2-4-12(25)17(31)32/h9-12,33H,1-8,19H2,(H,23,28)(H,24,29)(H,26,27)(H,31,32)(H4,20,21,22). The number of guanidine groups is 1. The zero-order valence-corrected chi connectivity index (χ0v) is 18.9. The Morgan fingerprint density at radius 2 is 1.73 bits per heavy atom. The Balaban J connectivity index is 3.00. The molecule has 14 nitrogen and oxygen atoms in total. The van der Waals surface area contributed by atoms with Crippen molar-refractivity contribution in [2.75, 3.05) is 18.8 Å². The van der Waals surface area contributed by atoms with E-state index in [0.717, 1.165) is 4.90 Å². The van der Waals surface area contributed by atoms with Crippen molar-refractivity contribution in [2.45, 2.75) is 56.3 Å². The van der Waals surface area contributed by atoms with E-state index in [1.165, 1.54) is 0 Å². The fourth-order valence-electron chi connectivity index (χ4n) is 3.27. The molecule has 1 aliphatic rings. The van der Waals surface area contributed by atoms with Crippen LogP contribution in [0, 0.1) is 0 Å². The summed E-state index contributed by atoms with van der Waals surface area (Å²) in [6.07, 6.45) is 0.222. The summed E-state index contributed by atoms with van der Waals surface area (Å²) in [6.45, 7) is 0.281. The first-order valence-electron chi connectivity index (χ1n) is 10.3. The van der Waals surface area contributed by atoms with Gasteiger partial charge in [0.25, 0.3) is 0 Å². The lowest BCUT2D eigenvalue weighted by Crippen LogP contribution is -2.57. The highest BCUT2D eigenvalue weighted by Crippen LogP contribution is 2.19. The molecule has 186 valence electrons. The third kappa shape index (κ3) is 9.13. The molecule has 3 amide bonds. The maximum atomic E-state index is 12.9. The quantitative estimate of drug-likeness (QED) is 0.0557. The fourth-order valence-corrected chi connectivity index (χ4v) is 3.43. The Hall–Kier alpha value is -3.07. The van der Waals surface area contributed by atoms with Gasteiger partial charge in [0.05, 0.1) is 12.5 Å². The van der Waals surface area contributed by atoms with Gasteiger partial charge in [0.15, 0.2) is 5.96 Å². The van der Waals surface area contributed by atoms with E-state index in [1.807, 2.05) is 0 Å². The minimum atomic E-state index is -1.52. The highest BCUT2D eigenvalue weighted by molar-refractivity contribution is 7.80. The van der Waals surface area contributed by atoms with Crippen LogP contribution in [0.25, 0.3) is 0 Å². The van der Waals surface area contributed by atoms with E-state index in [-0.39, 0.29) is 44.1 Å². The Morgan fingerprint density at radius 1 is 1.09 bits per heavy atom. The van der Waals surface area contributed by atoms with E-state index in [9.17, 15) is 34.2 Å². The molecule has 0 saturated carbocycles. The Morgan fingerprint density at radius 3 is 2.27 bits per heavy atom. The number of rotatable bonds is 13. The molecule has 15 heteroatoms. The van der Waals surface area contributed by atoms with Gasteiger partial charge in [0.1, 0.15) is 18.1 Å². The molecule has 1 heterocycles. The molecule has 0 aromatic carbocycles. The van der Waals surface area contributed by atoms with Gasteiger partial charge in [-0.15, -0.1) is 0 Å². The van der Waals surface area contributed by atoms with E-state index >= 15 is 0 Å². The molecule has 0 aliphatic carbocycles. The smallest absolute Gasteiger partial charge is 0.326 e. The van der Waals surface area contributed by atoms with Crippen molar-refractivity contribution < 1.29 is 34.2 Å². The predicted molar refractivity (Wildman–Crippen MR) is 120 cm³/mol. The summed E-state index contributed by atoms with van der Waals surface area (Å²) in [4.78, 5) is 65.5. The normalized spacial score (nSPS) is 18.0. The first-order valence-corrected chi connectivity index (χ1v) is 10.9. The molecule has 1 fully saturated rings. The van der Waals surface area contributed by atoms with E-state index in [2.05, 4.69) is 28.3 Å². The summed E-state index contributed by atoms with van der Waals surface area (Å²) in [5.74, 6) is -5.04. The minimum absolute atomic E-state index is 0.0137. The number of carboxylic acids is 2. The lowest BCUT2D eigenvalue weighted by molar-refractivity contribution is -0.150. The topological polar surface area (TPSA) is 244 Å². The van der Waals surface area contributed by atoms with Gasteiger partial charge in [0.2, 0.25) is 17.7 Å². The number of nitrogens with one attached hydrogen (secondary N) is 2. The maximum Gasteiger partial charge on any atom is 0.326 e. The van der Waals surface area contributed by atoms with Crippen molar-refractivity contribution in [1.29, 1.82) is 0 Å². The third-order valence-electron chi connectivity index (χ3n) is 4.93. The maximum absolute atomic E-state index is 12.9. The summed E-state index contributed by atoms with van der Waals surface area (Å²) in [6, 6.07) is -4.80. The summed E-state index contributed by atoms with van der Waals surface area (Å²) in [5, 5.41) is 23.3. The summed E-state index contributed by atoms with van der Waals surface area (Å²) >= 11 is 3.94. The number of amides is 3. The lowest BCUT2D eigenvalue weighted by atomic mass is 10.1. The average molecular weight is 490 g/mol.